The van der Waals surface area contributed by atoms with E-state index in [0.717, 1.165) is 5.56 Å². The van der Waals surface area contributed by atoms with Crippen molar-refractivity contribution in [1.82, 2.24) is 0 Å². The molecule has 0 aliphatic carbocycles. The third-order valence-electron chi connectivity index (χ3n) is 1.78. The molecule has 0 fully saturated rings. The van der Waals surface area contributed by atoms with Crippen LogP contribution in [0.3, 0.4) is 0 Å². The van der Waals surface area contributed by atoms with Gasteiger partial charge in [-0.15, -0.1) is 4.91 Å². The van der Waals surface area contributed by atoms with E-state index in [1.807, 2.05) is 6.92 Å². The third-order valence-corrected chi connectivity index (χ3v) is 1.78. The lowest BCUT2D eigenvalue weighted by Crippen LogP contribution is -1.80. The summed E-state index contributed by atoms with van der Waals surface area (Å²) in [5, 5.41) is 12.0. The Morgan fingerprint density at radius 2 is 2.00 bits per heavy atom. The maximum atomic E-state index is 10.1. The fourth-order valence-corrected chi connectivity index (χ4v) is 0.860. The SMILES string of the molecule is Cc1ccc(N=O)c(O)c1C. The second-order valence-electron chi connectivity index (χ2n) is 2.47. The van der Waals surface area contributed by atoms with E-state index < -0.39 is 0 Å². The number of nitroso groups, excluding NO2 is 1. The van der Waals surface area contributed by atoms with Gasteiger partial charge in [0.1, 0.15) is 11.4 Å². The van der Waals surface area contributed by atoms with Crippen LogP contribution in [0.5, 0.6) is 5.75 Å². The van der Waals surface area contributed by atoms with Gasteiger partial charge >= 0.3 is 0 Å². The molecule has 0 aromatic heterocycles. The Balaban J connectivity index is 3.36. The highest BCUT2D eigenvalue weighted by Gasteiger charge is 2.05. The molecular formula is C8H9NO2. The van der Waals surface area contributed by atoms with Crippen molar-refractivity contribution in [2.75, 3.05) is 0 Å². The Kier molecular flexibility index (Phi) is 1.89. The number of phenols is 1. The summed E-state index contributed by atoms with van der Waals surface area (Å²) in [5.74, 6) is -0.0139. The predicted molar refractivity (Wildman–Crippen MR) is 43.0 cm³/mol. The van der Waals surface area contributed by atoms with Crippen molar-refractivity contribution in [2.45, 2.75) is 13.8 Å². The summed E-state index contributed by atoms with van der Waals surface area (Å²) in [6.07, 6.45) is 0. The molecule has 0 aliphatic heterocycles. The molecule has 0 amide bonds. The van der Waals surface area contributed by atoms with E-state index >= 15 is 0 Å². The van der Waals surface area contributed by atoms with Crippen LogP contribution in [0.4, 0.5) is 5.69 Å². The van der Waals surface area contributed by atoms with E-state index in [0.29, 0.717) is 5.56 Å². The van der Waals surface area contributed by atoms with E-state index in [4.69, 9.17) is 0 Å². The Bertz CT molecular complexity index is 294. The highest BCUT2D eigenvalue weighted by atomic mass is 16.3. The summed E-state index contributed by atoms with van der Waals surface area (Å²) < 4.78 is 0. The lowest BCUT2D eigenvalue weighted by atomic mass is 10.1. The topological polar surface area (TPSA) is 49.7 Å². The molecule has 0 heterocycles. The van der Waals surface area contributed by atoms with Gasteiger partial charge in [-0.25, -0.2) is 0 Å². The van der Waals surface area contributed by atoms with Crippen LogP contribution in [0.25, 0.3) is 0 Å². The fourth-order valence-electron chi connectivity index (χ4n) is 0.860. The maximum Gasteiger partial charge on any atom is 0.149 e. The average molecular weight is 151 g/mol. The number of hydrogen-bond donors (Lipinski definition) is 1. The quantitative estimate of drug-likeness (QED) is 0.626. The first-order chi connectivity index (χ1) is 5.16. The summed E-state index contributed by atoms with van der Waals surface area (Å²) >= 11 is 0. The van der Waals surface area contributed by atoms with Gasteiger partial charge in [-0.2, -0.15) is 0 Å². The summed E-state index contributed by atoms with van der Waals surface area (Å²) in [6.45, 7) is 3.61. The first kappa shape index (κ1) is 7.72. The Hall–Kier alpha value is -1.38. The molecule has 0 unspecified atom stereocenters. The van der Waals surface area contributed by atoms with Gasteiger partial charge in [0.2, 0.25) is 0 Å². The number of nitrogens with zero attached hydrogens (tertiary/aromatic N) is 1. The van der Waals surface area contributed by atoms with Crippen LogP contribution >= 0.6 is 0 Å². The fraction of sp³-hybridized carbons (Fsp3) is 0.250. The van der Waals surface area contributed by atoms with Crippen molar-refractivity contribution in [3.63, 3.8) is 0 Å². The van der Waals surface area contributed by atoms with E-state index in [9.17, 15) is 10.0 Å². The number of hydrogen-bond acceptors (Lipinski definition) is 3. The normalized spacial score (nSPS) is 9.64. The summed E-state index contributed by atoms with van der Waals surface area (Å²) in [6, 6.07) is 3.26. The summed E-state index contributed by atoms with van der Waals surface area (Å²) in [7, 11) is 0. The highest BCUT2D eigenvalue weighted by Crippen LogP contribution is 2.31. The van der Waals surface area contributed by atoms with Crippen LogP contribution in [-0.4, -0.2) is 5.11 Å². The number of aryl methyl sites for hydroxylation is 1. The molecule has 0 spiro atoms. The number of rotatable bonds is 1. The number of phenolic OH excluding ortho intramolecular Hbond substituents is 1. The second-order valence-corrected chi connectivity index (χ2v) is 2.47. The van der Waals surface area contributed by atoms with Gasteiger partial charge in [0, 0.05) is 0 Å². The Morgan fingerprint density at radius 1 is 1.36 bits per heavy atom. The van der Waals surface area contributed by atoms with Crippen molar-refractivity contribution in [3.8, 4) is 5.75 Å². The smallest absolute Gasteiger partial charge is 0.149 e. The van der Waals surface area contributed by atoms with E-state index in [2.05, 4.69) is 5.18 Å². The average Bonchev–Trinajstić information content (AvgIpc) is 2.01. The van der Waals surface area contributed by atoms with Crippen molar-refractivity contribution in [1.29, 1.82) is 0 Å². The van der Waals surface area contributed by atoms with E-state index in [1.165, 1.54) is 6.07 Å². The third kappa shape index (κ3) is 1.22. The summed E-state index contributed by atoms with van der Waals surface area (Å²) in [4.78, 5) is 10.1. The molecular weight excluding hydrogens is 142 g/mol. The van der Waals surface area contributed by atoms with Crippen molar-refractivity contribution in [3.05, 3.63) is 28.2 Å². The molecule has 0 aliphatic rings. The van der Waals surface area contributed by atoms with Crippen LogP contribution in [0.1, 0.15) is 11.1 Å². The standard InChI is InChI=1S/C8H9NO2/c1-5-3-4-7(9-11)8(10)6(5)2/h3-4,10H,1-2H3. The molecule has 0 bridgehead atoms. The maximum absolute atomic E-state index is 10.1. The van der Waals surface area contributed by atoms with Crippen molar-refractivity contribution >= 4 is 5.69 Å². The summed E-state index contributed by atoms with van der Waals surface area (Å²) in [5.41, 5.74) is 1.77. The Morgan fingerprint density at radius 3 is 2.55 bits per heavy atom. The number of aromatic hydroxyl groups is 1. The van der Waals surface area contributed by atoms with Crippen molar-refractivity contribution in [2.24, 2.45) is 5.18 Å². The molecule has 1 rings (SSSR count). The lowest BCUT2D eigenvalue weighted by Gasteiger charge is -2.02. The molecule has 0 saturated heterocycles. The Labute approximate surface area is 64.7 Å². The van der Waals surface area contributed by atoms with Gasteiger partial charge in [0.05, 0.1) is 0 Å². The molecule has 0 radical (unpaired) electrons. The van der Waals surface area contributed by atoms with Crippen LogP contribution in [0.2, 0.25) is 0 Å². The molecule has 1 aromatic rings. The van der Waals surface area contributed by atoms with E-state index in [-0.39, 0.29) is 11.4 Å². The first-order valence-electron chi connectivity index (χ1n) is 3.29. The molecule has 58 valence electrons. The van der Waals surface area contributed by atoms with Gasteiger partial charge in [0.15, 0.2) is 0 Å². The zero-order valence-corrected chi connectivity index (χ0v) is 6.46. The molecule has 0 saturated carbocycles. The predicted octanol–water partition coefficient (Wildman–Crippen LogP) is 2.41. The molecule has 1 aromatic carbocycles. The number of benzene rings is 1. The minimum Gasteiger partial charge on any atom is -0.505 e. The molecule has 3 heteroatoms. The molecule has 3 nitrogen and oxygen atoms in total. The van der Waals surface area contributed by atoms with Gasteiger partial charge in [-0.05, 0) is 36.2 Å². The van der Waals surface area contributed by atoms with Crippen LogP contribution in [0, 0.1) is 18.8 Å². The van der Waals surface area contributed by atoms with Gasteiger partial charge in [0.25, 0.3) is 0 Å². The van der Waals surface area contributed by atoms with Crippen molar-refractivity contribution < 1.29 is 5.11 Å². The van der Waals surface area contributed by atoms with Gasteiger partial charge in [-0.1, -0.05) is 6.07 Å². The minimum absolute atomic E-state index is 0.0139. The monoisotopic (exact) mass is 151 g/mol. The zero-order valence-electron chi connectivity index (χ0n) is 6.46. The largest absolute Gasteiger partial charge is 0.505 e. The van der Waals surface area contributed by atoms with Gasteiger partial charge < -0.3 is 5.11 Å². The second kappa shape index (κ2) is 2.70. The molecule has 1 N–H and O–H groups in total. The van der Waals surface area contributed by atoms with Gasteiger partial charge in [-0.3, -0.25) is 0 Å². The van der Waals surface area contributed by atoms with Crippen LogP contribution in [-0.2, 0) is 0 Å². The van der Waals surface area contributed by atoms with E-state index in [1.54, 1.807) is 13.0 Å². The lowest BCUT2D eigenvalue weighted by molar-refractivity contribution is 0.472. The highest BCUT2D eigenvalue weighted by molar-refractivity contribution is 5.56. The minimum atomic E-state index is -0.0139. The van der Waals surface area contributed by atoms with Crippen LogP contribution < -0.4 is 0 Å². The molecule has 11 heavy (non-hydrogen) atoms. The zero-order chi connectivity index (χ0) is 8.43. The molecule has 0 atom stereocenters. The van der Waals surface area contributed by atoms with Crippen LogP contribution in [0.15, 0.2) is 17.3 Å². The first-order valence-corrected chi connectivity index (χ1v) is 3.29.